The molecule has 14 rings (SSSR count). The van der Waals surface area contributed by atoms with Gasteiger partial charge < -0.3 is 8.83 Å². The molecule has 0 unspecified atom stereocenters. The third kappa shape index (κ3) is 5.45. The van der Waals surface area contributed by atoms with Gasteiger partial charge in [0.05, 0.1) is 0 Å². The lowest BCUT2D eigenvalue weighted by Gasteiger charge is -2.09. The summed E-state index contributed by atoms with van der Waals surface area (Å²) in [5.41, 5.74) is 10.6. The van der Waals surface area contributed by atoms with Crippen LogP contribution in [0.4, 0.5) is 0 Å². The number of nitrogens with zero attached hydrogens (tertiary/aromatic N) is 3. The van der Waals surface area contributed by atoms with Gasteiger partial charge in [-0.05, 0) is 76.9 Å². The Morgan fingerprint density at radius 2 is 0.906 bits per heavy atom. The second-order valence-corrected chi connectivity index (χ2v) is 18.4. The number of thiophene rings is 2. The summed E-state index contributed by atoms with van der Waals surface area (Å²) >= 11 is 3.73. The Kier molecular flexibility index (Phi) is 7.66. The number of hydrogen-bond acceptors (Lipinski definition) is 7. The molecule has 0 bridgehead atoms. The van der Waals surface area contributed by atoms with Crippen LogP contribution in [-0.2, 0) is 0 Å². The van der Waals surface area contributed by atoms with Gasteiger partial charge in [-0.25, -0.2) is 15.0 Å². The van der Waals surface area contributed by atoms with E-state index in [2.05, 4.69) is 121 Å². The lowest BCUT2D eigenvalue weighted by molar-refractivity contribution is 0.668. The van der Waals surface area contributed by atoms with Crippen LogP contribution in [-0.4, -0.2) is 15.0 Å². The van der Waals surface area contributed by atoms with E-state index in [1.54, 1.807) is 0 Å². The minimum atomic E-state index is 0.566. The molecule has 14 aromatic rings. The van der Waals surface area contributed by atoms with E-state index in [4.69, 9.17) is 23.8 Å². The van der Waals surface area contributed by atoms with Crippen molar-refractivity contribution in [3.05, 3.63) is 188 Å². The number of rotatable bonds is 5. The molecule has 0 aliphatic heterocycles. The van der Waals surface area contributed by atoms with Gasteiger partial charge >= 0.3 is 0 Å². The van der Waals surface area contributed by atoms with Crippen molar-refractivity contribution in [2.75, 3.05) is 0 Å². The van der Waals surface area contributed by atoms with Crippen molar-refractivity contribution in [2.24, 2.45) is 0 Å². The van der Waals surface area contributed by atoms with Gasteiger partial charge in [-0.15, -0.1) is 22.7 Å². The van der Waals surface area contributed by atoms with Crippen molar-refractivity contribution in [1.29, 1.82) is 0 Å². The monoisotopic (exact) mass is 853 g/mol. The van der Waals surface area contributed by atoms with E-state index in [-0.39, 0.29) is 0 Å². The van der Waals surface area contributed by atoms with Gasteiger partial charge in [0.15, 0.2) is 17.5 Å². The minimum Gasteiger partial charge on any atom is -0.456 e. The van der Waals surface area contributed by atoms with E-state index < -0.39 is 0 Å². The van der Waals surface area contributed by atoms with Crippen molar-refractivity contribution in [3.8, 4) is 56.4 Å². The van der Waals surface area contributed by atoms with Gasteiger partial charge in [0.2, 0.25) is 0 Å². The molecule has 5 nitrogen and oxygen atoms in total. The molecule has 0 spiro atoms. The van der Waals surface area contributed by atoms with Crippen molar-refractivity contribution in [3.63, 3.8) is 0 Å². The summed E-state index contributed by atoms with van der Waals surface area (Å²) in [5, 5.41) is 9.25. The summed E-state index contributed by atoms with van der Waals surface area (Å²) in [4.78, 5) is 15.4. The SMILES string of the molecule is c1ccc(-c2nc(-c3ccc4c(c3)oc3ccccc34)nc(-c3cccc4oc5ccc(-c6cccc7sc8c(-c9ccc%10c(c9)sc9ccccc9%10)cccc8c67)cc5c34)n2)cc1. The second kappa shape index (κ2) is 13.8. The number of para-hydroxylation sites is 1. The highest BCUT2D eigenvalue weighted by Crippen LogP contribution is 2.46. The third-order valence-corrected chi connectivity index (χ3v) is 14.9. The van der Waals surface area contributed by atoms with Crippen LogP contribution in [0.1, 0.15) is 0 Å². The molecule has 9 aromatic carbocycles. The fraction of sp³-hybridized carbons (Fsp3) is 0. The molecular formula is C57H31N3O2S2. The first-order chi connectivity index (χ1) is 31.7. The Morgan fingerprint density at radius 1 is 0.297 bits per heavy atom. The normalized spacial score (nSPS) is 12.1. The van der Waals surface area contributed by atoms with Gasteiger partial charge in [0.1, 0.15) is 22.3 Å². The fourth-order valence-electron chi connectivity index (χ4n) is 9.60. The molecule has 0 saturated heterocycles. The number of fused-ring (bicyclic) bond motifs is 12. The number of aromatic nitrogens is 3. The zero-order chi connectivity index (χ0) is 41.9. The Labute approximate surface area is 373 Å². The third-order valence-electron chi connectivity index (χ3n) is 12.6. The molecule has 298 valence electrons. The highest BCUT2D eigenvalue weighted by atomic mass is 32.1. The molecule has 0 atom stereocenters. The maximum absolute atomic E-state index is 6.59. The largest absolute Gasteiger partial charge is 0.456 e. The molecule has 0 N–H and O–H groups in total. The van der Waals surface area contributed by atoms with Gasteiger partial charge in [0.25, 0.3) is 0 Å². The highest BCUT2D eigenvalue weighted by Gasteiger charge is 2.21. The summed E-state index contributed by atoms with van der Waals surface area (Å²) in [6, 6.07) is 66.2. The minimum absolute atomic E-state index is 0.566. The molecule has 0 aliphatic carbocycles. The number of furan rings is 2. The van der Waals surface area contributed by atoms with Crippen LogP contribution in [0.15, 0.2) is 197 Å². The predicted octanol–water partition coefficient (Wildman–Crippen LogP) is 16.7. The molecule has 64 heavy (non-hydrogen) atoms. The number of hydrogen-bond donors (Lipinski definition) is 0. The van der Waals surface area contributed by atoms with Gasteiger partial charge in [-0.3, -0.25) is 0 Å². The average Bonchev–Trinajstić information content (AvgIpc) is 4.13. The van der Waals surface area contributed by atoms with Crippen LogP contribution in [0.5, 0.6) is 0 Å². The Balaban J connectivity index is 0.929. The number of benzene rings is 9. The van der Waals surface area contributed by atoms with Crippen molar-refractivity contribution in [2.45, 2.75) is 0 Å². The topological polar surface area (TPSA) is 65.0 Å². The van der Waals surface area contributed by atoms with Crippen LogP contribution >= 0.6 is 22.7 Å². The average molecular weight is 854 g/mol. The van der Waals surface area contributed by atoms with Crippen LogP contribution in [0.25, 0.3) is 141 Å². The summed E-state index contributed by atoms with van der Waals surface area (Å²) < 4.78 is 18.1. The van der Waals surface area contributed by atoms with Crippen molar-refractivity contribution < 1.29 is 8.83 Å². The predicted molar refractivity (Wildman–Crippen MR) is 267 cm³/mol. The Morgan fingerprint density at radius 3 is 1.84 bits per heavy atom. The van der Waals surface area contributed by atoms with E-state index in [0.29, 0.717) is 17.5 Å². The zero-order valence-corrected chi connectivity index (χ0v) is 35.5. The van der Waals surface area contributed by atoms with Gasteiger partial charge in [-0.2, -0.15) is 0 Å². The lowest BCUT2D eigenvalue weighted by atomic mass is 9.95. The van der Waals surface area contributed by atoms with Gasteiger partial charge in [-0.1, -0.05) is 133 Å². The van der Waals surface area contributed by atoms with Gasteiger partial charge in [0, 0.05) is 78.6 Å². The maximum Gasteiger partial charge on any atom is 0.164 e. The molecular weight excluding hydrogens is 823 g/mol. The first kappa shape index (κ1) is 35.6. The summed E-state index contributed by atoms with van der Waals surface area (Å²) in [5.74, 6) is 1.73. The molecule has 0 saturated carbocycles. The zero-order valence-electron chi connectivity index (χ0n) is 33.9. The van der Waals surface area contributed by atoms with Crippen molar-refractivity contribution in [1.82, 2.24) is 15.0 Å². The first-order valence-electron chi connectivity index (χ1n) is 21.2. The first-order valence-corrected chi connectivity index (χ1v) is 22.9. The van der Waals surface area contributed by atoms with E-state index in [1.807, 2.05) is 89.4 Å². The van der Waals surface area contributed by atoms with Crippen LogP contribution in [0, 0.1) is 0 Å². The van der Waals surface area contributed by atoms with E-state index in [9.17, 15) is 0 Å². The van der Waals surface area contributed by atoms with E-state index in [1.165, 1.54) is 57.0 Å². The van der Waals surface area contributed by atoms with E-state index >= 15 is 0 Å². The lowest BCUT2D eigenvalue weighted by Crippen LogP contribution is -2.00. The molecule has 0 radical (unpaired) electrons. The Hall–Kier alpha value is -7.97. The molecule has 5 aromatic heterocycles. The smallest absolute Gasteiger partial charge is 0.164 e. The molecule has 5 heterocycles. The maximum atomic E-state index is 6.59. The quantitative estimate of drug-likeness (QED) is 0.173. The molecule has 7 heteroatoms. The summed E-state index contributed by atoms with van der Waals surface area (Å²) in [6.45, 7) is 0. The molecule has 0 aliphatic rings. The molecule has 0 amide bonds. The highest BCUT2D eigenvalue weighted by molar-refractivity contribution is 7.26. The summed E-state index contributed by atoms with van der Waals surface area (Å²) in [6.07, 6.45) is 0. The molecule has 0 fully saturated rings. The van der Waals surface area contributed by atoms with Crippen molar-refractivity contribution >= 4 is 107 Å². The fourth-order valence-corrected chi connectivity index (χ4v) is 12.0. The van der Waals surface area contributed by atoms with Crippen LogP contribution < -0.4 is 0 Å². The van der Waals surface area contributed by atoms with Crippen LogP contribution in [0.3, 0.4) is 0 Å². The Bertz CT molecular complexity index is 4220. The van der Waals surface area contributed by atoms with E-state index in [0.717, 1.165) is 66.1 Å². The second-order valence-electron chi connectivity index (χ2n) is 16.2. The standard InChI is InChI=1S/C57H31N3O2S2/c1-2-11-32(12-3-1)55-58-56(35-24-26-39-38-13-4-6-19-45(38)62-48(39)30-35)60-57(59-55)43-18-9-20-47-52(43)44-29-33(25-28-46(44)61-47)36-15-10-22-50-53(36)42-17-8-16-37(54(42)64-50)34-23-27-41-40-14-5-7-21-49(40)63-51(41)31-34/h1-31H. The summed E-state index contributed by atoms with van der Waals surface area (Å²) in [7, 11) is 0. The van der Waals surface area contributed by atoms with Crippen LogP contribution in [0.2, 0.25) is 0 Å².